The van der Waals surface area contributed by atoms with Crippen molar-refractivity contribution in [3.8, 4) is 5.75 Å². The molecule has 2 aliphatic rings. The summed E-state index contributed by atoms with van der Waals surface area (Å²) in [4.78, 5) is 12.0. The van der Waals surface area contributed by atoms with E-state index in [4.69, 9.17) is 23.4 Å². The maximum absolute atomic E-state index is 12.0. The first-order valence-electron chi connectivity index (χ1n) is 10.8. The minimum absolute atomic E-state index is 0.0497. The zero-order valence-corrected chi connectivity index (χ0v) is 18.4. The van der Waals surface area contributed by atoms with Crippen LogP contribution in [0.4, 0.5) is 0 Å². The van der Waals surface area contributed by atoms with Gasteiger partial charge in [0.2, 0.25) is 6.29 Å². The van der Waals surface area contributed by atoms with Crippen molar-refractivity contribution in [2.45, 2.75) is 75.3 Å². The molecule has 6 N–H and O–H groups in total. The second kappa shape index (κ2) is 9.85. The average Bonchev–Trinajstić information content (AvgIpc) is 2.80. The lowest BCUT2D eigenvalue weighted by atomic mass is 9.98. The molecule has 188 valence electrons. The van der Waals surface area contributed by atoms with Crippen LogP contribution in [-0.2, 0) is 14.2 Å². The Bertz CT molecular complexity index is 1060. The summed E-state index contributed by atoms with van der Waals surface area (Å²) in [5, 5.41) is 61.4. The van der Waals surface area contributed by atoms with E-state index < -0.39 is 73.6 Å². The van der Waals surface area contributed by atoms with Gasteiger partial charge in [0.25, 0.3) is 0 Å². The van der Waals surface area contributed by atoms with E-state index in [1.165, 1.54) is 6.92 Å². The lowest BCUT2D eigenvalue weighted by Gasteiger charge is -2.42. The summed E-state index contributed by atoms with van der Waals surface area (Å²) in [6.07, 6.45) is -14.3. The van der Waals surface area contributed by atoms with Crippen molar-refractivity contribution in [1.82, 2.24) is 0 Å². The third-order valence-electron chi connectivity index (χ3n) is 6.09. The van der Waals surface area contributed by atoms with Gasteiger partial charge in [0.15, 0.2) is 6.29 Å². The molecular weight excluding hydrogens is 456 g/mol. The van der Waals surface area contributed by atoms with Crippen molar-refractivity contribution in [2.75, 3.05) is 6.61 Å². The highest BCUT2D eigenvalue weighted by Gasteiger charge is 2.47. The minimum Gasteiger partial charge on any atom is -0.461 e. The predicted octanol–water partition coefficient (Wildman–Crippen LogP) is -1.87. The Hall–Kier alpha value is -2.13. The first-order chi connectivity index (χ1) is 16.1. The Kier molecular flexibility index (Phi) is 7.24. The van der Waals surface area contributed by atoms with Gasteiger partial charge in [-0.25, -0.2) is 4.79 Å². The molecule has 0 amide bonds. The second-order valence-electron chi connectivity index (χ2n) is 8.52. The van der Waals surface area contributed by atoms with Crippen LogP contribution >= 0.6 is 0 Å². The fourth-order valence-corrected chi connectivity index (χ4v) is 4.07. The van der Waals surface area contributed by atoms with Crippen LogP contribution in [-0.4, -0.2) is 98.7 Å². The van der Waals surface area contributed by atoms with Gasteiger partial charge >= 0.3 is 5.63 Å². The van der Waals surface area contributed by atoms with Crippen LogP contribution in [0.1, 0.15) is 12.5 Å². The highest BCUT2D eigenvalue weighted by Crippen LogP contribution is 2.31. The second-order valence-corrected chi connectivity index (χ2v) is 8.52. The maximum atomic E-state index is 12.0. The smallest absolute Gasteiger partial charge is 0.339 e. The highest BCUT2D eigenvalue weighted by atomic mass is 16.7. The van der Waals surface area contributed by atoms with Crippen molar-refractivity contribution in [3.05, 3.63) is 40.2 Å². The molecule has 1 aromatic carbocycles. The van der Waals surface area contributed by atoms with Gasteiger partial charge < -0.3 is 54.0 Å². The molecule has 2 aromatic rings. The van der Waals surface area contributed by atoms with Gasteiger partial charge in [-0.05, 0) is 25.5 Å². The van der Waals surface area contributed by atoms with E-state index in [0.717, 1.165) is 11.6 Å². The number of aryl methyl sites for hydroxylation is 1. The summed E-state index contributed by atoms with van der Waals surface area (Å²) in [5.74, 6) is 0.0497. The molecule has 1 aromatic heterocycles. The first kappa shape index (κ1) is 25.0. The van der Waals surface area contributed by atoms with E-state index in [-0.39, 0.29) is 11.3 Å². The number of rotatable bonds is 5. The van der Waals surface area contributed by atoms with Gasteiger partial charge in [0, 0.05) is 0 Å². The number of ether oxygens (including phenoxy) is 4. The highest BCUT2D eigenvalue weighted by molar-refractivity contribution is 5.86. The summed E-state index contributed by atoms with van der Waals surface area (Å²) >= 11 is 0. The van der Waals surface area contributed by atoms with Crippen LogP contribution in [0.25, 0.3) is 11.0 Å². The van der Waals surface area contributed by atoms with Gasteiger partial charge in [-0.1, -0.05) is 12.1 Å². The molecule has 2 saturated heterocycles. The molecule has 12 nitrogen and oxygen atoms in total. The van der Waals surface area contributed by atoms with E-state index in [0.29, 0.717) is 5.39 Å². The fourth-order valence-electron chi connectivity index (χ4n) is 4.07. The number of hydrogen-bond donors (Lipinski definition) is 6. The number of aliphatic hydroxyl groups is 6. The fraction of sp³-hybridized carbons (Fsp3) is 0.591. The van der Waals surface area contributed by atoms with E-state index in [1.54, 1.807) is 25.1 Å². The Morgan fingerprint density at radius 1 is 0.882 bits per heavy atom. The van der Waals surface area contributed by atoms with Crippen LogP contribution < -0.4 is 10.4 Å². The molecule has 0 radical (unpaired) electrons. The Balaban J connectivity index is 1.51. The van der Waals surface area contributed by atoms with Gasteiger partial charge in [-0.3, -0.25) is 0 Å². The third-order valence-corrected chi connectivity index (χ3v) is 6.09. The molecule has 4 rings (SSSR count). The van der Waals surface area contributed by atoms with Crippen molar-refractivity contribution < 1.29 is 54.0 Å². The van der Waals surface area contributed by atoms with Gasteiger partial charge in [0.05, 0.1) is 24.2 Å². The molecular formula is C22H28O12. The molecule has 3 heterocycles. The number of benzene rings is 1. The summed E-state index contributed by atoms with van der Waals surface area (Å²) in [6.45, 7) is 2.82. The van der Waals surface area contributed by atoms with Crippen molar-refractivity contribution in [1.29, 1.82) is 0 Å². The molecule has 2 fully saturated rings. The van der Waals surface area contributed by atoms with Crippen LogP contribution in [0.3, 0.4) is 0 Å². The largest absolute Gasteiger partial charge is 0.461 e. The molecule has 12 heteroatoms. The summed E-state index contributed by atoms with van der Waals surface area (Å²) in [7, 11) is 0. The molecule has 10 atom stereocenters. The van der Waals surface area contributed by atoms with E-state index >= 15 is 0 Å². The van der Waals surface area contributed by atoms with E-state index in [1.807, 2.05) is 0 Å². The Morgan fingerprint density at radius 3 is 2.29 bits per heavy atom. The van der Waals surface area contributed by atoms with E-state index in [2.05, 4.69) is 0 Å². The van der Waals surface area contributed by atoms with Gasteiger partial charge in [0.1, 0.15) is 54.1 Å². The molecule has 2 aliphatic heterocycles. The summed E-state index contributed by atoms with van der Waals surface area (Å²) in [5.41, 5.74) is 0.282. The molecule has 0 aliphatic carbocycles. The lowest BCUT2D eigenvalue weighted by Crippen LogP contribution is -2.61. The monoisotopic (exact) mass is 484 g/mol. The number of hydrogen-bond acceptors (Lipinski definition) is 12. The van der Waals surface area contributed by atoms with Gasteiger partial charge in [-0.15, -0.1) is 0 Å². The SMILES string of the molecule is Cc1cccc2oc(=O)cc(O[C@H]3O[C@@H](CO[C@@H]4O[C@@H](C)[C@H](O)[C@H](O)[C@H]4O)[C@H](O)[C@H](O)[C@@H]3O)c12. The minimum atomic E-state index is -1.69. The van der Waals surface area contributed by atoms with E-state index in [9.17, 15) is 35.4 Å². The predicted molar refractivity (Wildman–Crippen MR) is 113 cm³/mol. The normalized spacial score (nSPS) is 38.7. The van der Waals surface area contributed by atoms with Crippen LogP contribution in [0.15, 0.2) is 33.5 Å². The van der Waals surface area contributed by atoms with Crippen molar-refractivity contribution in [3.63, 3.8) is 0 Å². The zero-order valence-electron chi connectivity index (χ0n) is 18.4. The van der Waals surface area contributed by atoms with Gasteiger partial charge in [-0.2, -0.15) is 0 Å². The van der Waals surface area contributed by atoms with Crippen LogP contribution in [0.2, 0.25) is 0 Å². The lowest BCUT2D eigenvalue weighted by molar-refractivity contribution is -0.318. The topological polar surface area (TPSA) is 189 Å². The standard InChI is InChI=1S/C22H28O12/c1-8-4-3-5-10-14(8)11(6-13(23)32-10)33-22-20(29)18(27)16(25)12(34-22)7-30-21-19(28)17(26)15(24)9(2)31-21/h3-6,9,12,15-22,24-29H,7H2,1-2H3/t9-,12-,15-,16-,17-,18-,19+,20-,21+,22-/m0/s1. The Morgan fingerprint density at radius 2 is 1.56 bits per heavy atom. The van der Waals surface area contributed by atoms with Crippen molar-refractivity contribution >= 4 is 11.0 Å². The quantitative estimate of drug-likeness (QED) is 0.260. The molecule has 0 spiro atoms. The molecule has 34 heavy (non-hydrogen) atoms. The van der Waals surface area contributed by atoms with Crippen molar-refractivity contribution in [2.24, 2.45) is 0 Å². The zero-order chi connectivity index (χ0) is 24.7. The molecule has 0 bridgehead atoms. The molecule has 0 unspecified atom stereocenters. The molecule has 0 saturated carbocycles. The number of aliphatic hydroxyl groups excluding tert-OH is 6. The summed E-state index contributed by atoms with van der Waals surface area (Å²) in [6, 6.07) is 6.12. The first-order valence-corrected chi connectivity index (χ1v) is 10.8. The maximum Gasteiger partial charge on any atom is 0.339 e. The number of fused-ring (bicyclic) bond motifs is 1. The third kappa shape index (κ3) is 4.69. The Labute approximate surface area is 193 Å². The summed E-state index contributed by atoms with van der Waals surface area (Å²) < 4.78 is 27.3. The van der Waals surface area contributed by atoms with Crippen LogP contribution in [0.5, 0.6) is 5.75 Å². The van der Waals surface area contributed by atoms with Crippen LogP contribution in [0, 0.1) is 6.92 Å². The average molecular weight is 484 g/mol.